The van der Waals surface area contributed by atoms with Gasteiger partial charge >= 0.3 is 5.97 Å². The first-order valence-corrected chi connectivity index (χ1v) is 10.0. The van der Waals surface area contributed by atoms with Crippen molar-refractivity contribution in [2.45, 2.75) is 4.90 Å². The second-order valence-corrected chi connectivity index (χ2v) is 7.42. The molecule has 0 unspecified atom stereocenters. The van der Waals surface area contributed by atoms with E-state index in [-0.39, 0.29) is 22.2 Å². The minimum absolute atomic E-state index is 0.0117. The number of amides is 1. The molecular formula is C21H17ClN2O5S. The van der Waals surface area contributed by atoms with Crippen molar-refractivity contribution in [3.05, 3.63) is 70.9 Å². The highest BCUT2D eigenvalue weighted by Gasteiger charge is 2.12. The van der Waals surface area contributed by atoms with Crippen LogP contribution in [0.25, 0.3) is 11.3 Å². The molecule has 0 aliphatic heterocycles. The number of rotatable bonds is 8. The van der Waals surface area contributed by atoms with E-state index in [2.05, 4.69) is 10.5 Å². The summed E-state index contributed by atoms with van der Waals surface area (Å²) in [7, 11) is 1.60. The number of halogens is 1. The molecular weight excluding hydrogens is 428 g/mol. The highest BCUT2D eigenvalue weighted by molar-refractivity contribution is 8.00. The Balaban J connectivity index is 1.54. The zero-order chi connectivity index (χ0) is 21.5. The summed E-state index contributed by atoms with van der Waals surface area (Å²) < 4.78 is 10.7. The van der Waals surface area contributed by atoms with Gasteiger partial charge in [-0.05, 0) is 54.6 Å². The third-order valence-corrected chi connectivity index (χ3v) is 5.26. The van der Waals surface area contributed by atoms with Gasteiger partial charge < -0.3 is 14.3 Å². The molecule has 1 amide bonds. The maximum atomic E-state index is 11.9. The number of carboxylic acid groups (broad SMARTS) is 1. The molecule has 1 heterocycles. The molecule has 0 spiro atoms. The van der Waals surface area contributed by atoms with E-state index >= 15 is 0 Å². The Hall–Kier alpha value is -3.23. The van der Waals surface area contributed by atoms with Gasteiger partial charge in [0.1, 0.15) is 17.3 Å². The number of thioether (sulfide) groups is 1. The summed E-state index contributed by atoms with van der Waals surface area (Å²) in [6.45, 7) is 0. The number of nitrogens with one attached hydrogen (secondary N) is 1. The minimum atomic E-state index is -1.12. The monoisotopic (exact) mass is 444 g/mol. The summed E-state index contributed by atoms with van der Waals surface area (Å²) in [6.07, 6.45) is 1.37. The molecule has 0 aliphatic carbocycles. The van der Waals surface area contributed by atoms with E-state index in [1.54, 1.807) is 25.3 Å². The normalized spacial score (nSPS) is 10.9. The quantitative estimate of drug-likeness (QED) is 0.300. The van der Waals surface area contributed by atoms with Crippen LogP contribution in [0, 0.1) is 0 Å². The highest BCUT2D eigenvalue weighted by atomic mass is 35.5. The summed E-state index contributed by atoms with van der Waals surface area (Å²) in [5.41, 5.74) is 2.99. The summed E-state index contributed by atoms with van der Waals surface area (Å²) >= 11 is 7.26. The van der Waals surface area contributed by atoms with Crippen LogP contribution < -0.4 is 10.2 Å². The van der Waals surface area contributed by atoms with Gasteiger partial charge in [-0.1, -0.05) is 11.6 Å². The Morgan fingerprint density at radius 3 is 2.67 bits per heavy atom. The van der Waals surface area contributed by atoms with E-state index in [0.717, 1.165) is 10.6 Å². The average molecular weight is 445 g/mol. The van der Waals surface area contributed by atoms with Gasteiger partial charge in [0.2, 0.25) is 5.91 Å². The number of methoxy groups -OCH3 is 1. The second-order valence-electron chi connectivity index (χ2n) is 5.96. The van der Waals surface area contributed by atoms with Crippen molar-refractivity contribution in [2.24, 2.45) is 5.10 Å². The first-order chi connectivity index (χ1) is 14.5. The van der Waals surface area contributed by atoms with Crippen LogP contribution in [0.3, 0.4) is 0 Å². The van der Waals surface area contributed by atoms with E-state index in [0.29, 0.717) is 17.1 Å². The highest BCUT2D eigenvalue weighted by Crippen LogP contribution is 2.26. The second kappa shape index (κ2) is 10.00. The lowest BCUT2D eigenvalue weighted by molar-refractivity contribution is -0.118. The number of carbonyl (C=O) groups excluding carboxylic acids is 1. The van der Waals surface area contributed by atoms with E-state index < -0.39 is 5.97 Å². The molecule has 0 saturated carbocycles. The van der Waals surface area contributed by atoms with E-state index in [1.165, 1.54) is 30.1 Å². The van der Waals surface area contributed by atoms with Crippen LogP contribution in [0.2, 0.25) is 5.02 Å². The van der Waals surface area contributed by atoms with Crippen molar-refractivity contribution in [1.29, 1.82) is 0 Å². The first kappa shape index (κ1) is 21.5. The Labute approximate surface area is 181 Å². The molecule has 1 aromatic heterocycles. The van der Waals surface area contributed by atoms with Crippen LogP contribution in [0.5, 0.6) is 5.75 Å². The van der Waals surface area contributed by atoms with Gasteiger partial charge in [0.25, 0.3) is 0 Å². The number of hydrazone groups is 1. The molecule has 0 aliphatic rings. The predicted molar refractivity (Wildman–Crippen MR) is 116 cm³/mol. The standard InChI is InChI=1S/C21H17ClN2O5S/c1-28-14-3-6-16(7-4-14)30-12-20(25)24-23-11-15-5-9-19(29-15)13-2-8-18(22)17(10-13)21(26)27/h2-11H,12H2,1H3,(H,24,25)(H,26,27)/b23-11-. The van der Waals surface area contributed by atoms with E-state index in [9.17, 15) is 9.59 Å². The molecule has 154 valence electrons. The Morgan fingerprint density at radius 2 is 1.97 bits per heavy atom. The van der Waals surface area contributed by atoms with Crippen molar-refractivity contribution in [3.8, 4) is 17.1 Å². The average Bonchev–Trinajstić information content (AvgIpc) is 3.21. The molecule has 0 bridgehead atoms. The fourth-order valence-corrected chi connectivity index (χ4v) is 3.33. The molecule has 0 saturated heterocycles. The molecule has 2 aromatic carbocycles. The summed E-state index contributed by atoms with van der Waals surface area (Å²) in [6, 6.07) is 15.3. The zero-order valence-corrected chi connectivity index (χ0v) is 17.4. The van der Waals surface area contributed by atoms with Crippen LogP contribution in [-0.2, 0) is 4.79 Å². The summed E-state index contributed by atoms with van der Waals surface area (Å²) in [5, 5.41) is 13.2. The number of benzene rings is 2. The van der Waals surface area contributed by atoms with Crippen molar-refractivity contribution >= 4 is 41.5 Å². The molecule has 0 fully saturated rings. The lowest BCUT2D eigenvalue weighted by Crippen LogP contribution is -2.19. The first-order valence-electron chi connectivity index (χ1n) is 8.68. The molecule has 3 rings (SSSR count). The number of nitrogens with zero attached hydrogens (tertiary/aromatic N) is 1. The number of hydrogen-bond acceptors (Lipinski definition) is 6. The lowest BCUT2D eigenvalue weighted by atomic mass is 10.1. The summed E-state index contributed by atoms with van der Waals surface area (Å²) in [5.74, 6) is 0.435. The van der Waals surface area contributed by atoms with Gasteiger partial charge in [-0.25, -0.2) is 10.2 Å². The molecule has 0 radical (unpaired) electrons. The topological polar surface area (TPSA) is 101 Å². The fourth-order valence-electron chi connectivity index (χ4n) is 2.44. The van der Waals surface area contributed by atoms with Gasteiger partial charge in [0, 0.05) is 10.5 Å². The van der Waals surface area contributed by atoms with E-state index in [4.69, 9.17) is 25.9 Å². The van der Waals surface area contributed by atoms with Gasteiger partial charge in [0.05, 0.1) is 29.7 Å². The Morgan fingerprint density at radius 1 is 1.20 bits per heavy atom. The van der Waals surface area contributed by atoms with Crippen molar-refractivity contribution in [3.63, 3.8) is 0 Å². The van der Waals surface area contributed by atoms with Crippen molar-refractivity contribution in [2.75, 3.05) is 12.9 Å². The maximum absolute atomic E-state index is 11.9. The van der Waals surface area contributed by atoms with Crippen LogP contribution in [0.1, 0.15) is 16.1 Å². The van der Waals surface area contributed by atoms with Crippen molar-refractivity contribution in [1.82, 2.24) is 5.43 Å². The number of hydrogen-bond donors (Lipinski definition) is 2. The molecule has 2 N–H and O–H groups in total. The number of carboxylic acids is 1. The number of ether oxygens (including phenoxy) is 1. The largest absolute Gasteiger partial charge is 0.497 e. The van der Waals surface area contributed by atoms with Crippen LogP contribution in [0.15, 0.2) is 69.0 Å². The number of carbonyl (C=O) groups is 2. The number of furan rings is 1. The van der Waals surface area contributed by atoms with Gasteiger partial charge in [-0.15, -0.1) is 11.8 Å². The molecule has 0 atom stereocenters. The lowest BCUT2D eigenvalue weighted by Gasteiger charge is -2.03. The van der Waals surface area contributed by atoms with Crippen molar-refractivity contribution < 1.29 is 23.8 Å². The minimum Gasteiger partial charge on any atom is -0.497 e. The Kier molecular flexibility index (Phi) is 7.16. The predicted octanol–water partition coefficient (Wildman–Crippen LogP) is 4.55. The molecule has 3 aromatic rings. The fraction of sp³-hybridized carbons (Fsp3) is 0.0952. The zero-order valence-electron chi connectivity index (χ0n) is 15.8. The summed E-state index contributed by atoms with van der Waals surface area (Å²) in [4.78, 5) is 24.1. The third-order valence-electron chi connectivity index (χ3n) is 3.92. The van der Waals surface area contributed by atoms with Gasteiger partial charge in [-0.2, -0.15) is 5.10 Å². The maximum Gasteiger partial charge on any atom is 0.337 e. The Bertz CT molecular complexity index is 1080. The third kappa shape index (κ3) is 5.65. The van der Waals surface area contributed by atoms with Gasteiger partial charge in [-0.3, -0.25) is 4.79 Å². The van der Waals surface area contributed by atoms with Crippen LogP contribution in [-0.4, -0.2) is 36.1 Å². The molecule has 30 heavy (non-hydrogen) atoms. The molecule has 7 nitrogen and oxygen atoms in total. The molecule has 9 heteroatoms. The van der Waals surface area contributed by atoms with Gasteiger partial charge in [0.15, 0.2) is 0 Å². The smallest absolute Gasteiger partial charge is 0.337 e. The van der Waals surface area contributed by atoms with Crippen LogP contribution >= 0.6 is 23.4 Å². The van der Waals surface area contributed by atoms with E-state index in [1.807, 2.05) is 24.3 Å². The SMILES string of the molecule is COc1ccc(SCC(=O)N/N=C\c2ccc(-c3ccc(Cl)c(C(=O)O)c3)o2)cc1. The number of aromatic carboxylic acids is 1. The van der Waals surface area contributed by atoms with Crippen LogP contribution in [0.4, 0.5) is 0 Å².